The molecular formula is C20H22N6O4. The average Bonchev–Trinajstić information content (AvgIpc) is 3.35. The maximum absolute atomic E-state index is 12.1. The fourth-order valence-corrected chi connectivity index (χ4v) is 3.17. The Bertz CT molecular complexity index is 1050. The number of hydrogen-bond donors (Lipinski definition) is 2. The van der Waals surface area contributed by atoms with Gasteiger partial charge in [0.25, 0.3) is 0 Å². The Labute approximate surface area is 172 Å². The topological polar surface area (TPSA) is 127 Å². The molecule has 30 heavy (non-hydrogen) atoms. The van der Waals surface area contributed by atoms with Crippen molar-refractivity contribution < 1.29 is 19.1 Å². The number of benzene rings is 1. The number of aliphatic hydroxyl groups excluding tert-OH is 1. The monoisotopic (exact) mass is 410 g/mol. The van der Waals surface area contributed by atoms with Gasteiger partial charge < -0.3 is 19.6 Å². The molecule has 4 rings (SSSR count). The van der Waals surface area contributed by atoms with Gasteiger partial charge in [0, 0.05) is 11.8 Å². The first-order chi connectivity index (χ1) is 14.4. The quantitative estimate of drug-likeness (QED) is 0.630. The van der Waals surface area contributed by atoms with E-state index in [1.807, 2.05) is 38.1 Å². The highest BCUT2D eigenvalue weighted by Gasteiger charge is 2.38. The predicted octanol–water partition coefficient (Wildman–Crippen LogP) is 2.71. The number of rotatable bonds is 6. The van der Waals surface area contributed by atoms with Crippen LogP contribution in [0, 0.1) is 6.92 Å². The van der Waals surface area contributed by atoms with Gasteiger partial charge >= 0.3 is 6.09 Å². The third kappa shape index (κ3) is 3.94. The van der Waals surface area contributed by atoms with Crippen LogP contribution in [-0.4, -0.2) is 50.1 Å². The number of cyclic esters (lactones) is 1. The minimum absolute atomic E-state index is 0.101. The number of amides is 1. The normalized spacial score (nSPS) is 18.2. The number of hydrogen-bond acceptors (Lipinski definition) is 9. The third-order valence-electron chi connectivity index (χ3n) is 4.77. The molecule has 0 unspecified atom stereocenters. The second-order valence-electron chi connectivity index (χ2n) is 7.17. The van der Waals surface area contributed by atoms with Crippen molar-refractivity contribution in [3.8, 4) is 11.5 Å². The molecular weight excluding hydrogens is 388 g/mol. The van der Waals surface area contributed by atoms with Crippen LogP contribution in [0.4, 0.5) is 16.6 Å². The van der Waals surface area contributed by atoms with E-state index in [1.165, 1.54) is 11.1 Å². The molecule has 3 aromatic rings. The van der Waals surface area contributed by atoms with Crippen LogP contribution in [0.1, 0.15) is 31.3 Å². The van der Waals surface area contributed by atoms with Crippen molar-refractivity contribution in [3.63, 3.8) is 0 Å². The van der Waals surface area contributed by atoms with Gasteiger partial charge in [-0.1, -0.05) is 17.7 Å². The Balaban J connectivity index is 1.51. The summed E-state index contributed by atoms with van der Waals surface area (Å²) in [6.07, 6.45) is 0.201. The van der Waals surface area contributed by atoms with Crippen LogP contribution >= 0.6 is 0 Å². The molecule has 1 aliphatic rings. The lowest BCUT2D eigenvalue weighted by Gasteiger charge is -2.22. The largest absolute Gasteiger partial charge is 0.447 e. The Morgan fingerprint density at radius 3 is 2.87 bits per heavy atom. The summed E-state index contributed by atoms with van der Waals surface area (Å²) in [6.45, 7) is 5.53. The molecule has 1 fully saturated rings. The summed E-state index contributed by atoms with van der Waals surface area (Å²) in [4.78, 5) is 22.0. The second-order valence-corrected chi connectivity index (χ2v) is 7.17. The molecule has 1 aromatic carbocycles. The molecule has 3 heterocycles. The number of nitrogens with one attached hydrogen (secondary N) is 1. The van der Waals surface area contributed by atoms with Gasteiger partial charge in [-0.05, 0) is 39.0 Å². The number of ether oxygens (including phenoxy) is 1. The van der Waals surface area contributed by atoms with Gasteiger partial charge in [0.1, 0.15) is 24.5 Å². The van der Waals surface area contributed by atoms with Gasteiger partial charge in [-0.2, -0.15) is 4.98 Å². The Kier molecular flexibility index (Phi) is 5.32. The third-order valence-corrected chi connectivity index (χ3v) is 4.77. The van der Waals surface area contributed by atoms with E-state index in [9.17, 15) is 9.90 Å². The number of carbonyl (C=O) groups excluding carboxylic acids is 1. The molecule has 0 bridgehead atoms. The van der Waals surface area contributed by atoms with Gasteiger partial charge in [0.05, 0.1) is 6.10 Å². The fourth-order valence-electron chi connectivity index (χ4n) is 3.17. The predicted molar refractivity (Wildman–Crippen MR) is 108 cm³/mol. The maximum Gasteiger partial charge on any atom is 0.416 e. The minimum atomic E-state index is -0.764. The summed E-state index contributed by atoms with van der Waals surface area (Å²) in [5.74, 6) is 1.41. The van der Waals surface area contributed by atoms with Crippen molar-refractivity contribution in [2.75, 3.05) is 16.8 Å². The first kappa shape index (κ1) is 19.8. The van der Waals surface area contributed by atoms with E-state index < -0.39 is 18.2 Å². The van der Waals surface area contributed by atoms with Crippen LogP contribution in [-0.2, 0) is 4.74 Å². The average molecular weight is 410 g/mol. The van der Waals surface area contributed by atoms with Crippen LogP contribution in [0.5, 0.6) is 0 Å². The molecule has 0 saturated carbocycles. The Morgan fingerprint density at radius 1 is 1.27 bits per heavy atom. The van der Waals surface area contributed by atoms with Gasteiger partial charge in [0.2, 0.25) is 17.7 Å². The summed E-state index contributed by atoms with van der Waals surface area (Å²) < 4.78 is 10.8. The zero-order valence-electron chi connectivity index (χ0n) is 16.8. The lowest BCUT2D eigenvalue weighted by Crippen LogP contribution is -2.41. The second kappa shape index (κ2) is 8.07. The molecule has 1 aliphatic heterocycles. The number of aromatic nitrogens is 4. The van der Waals surface area contributed by atoms with Crippen LogP contribution in [0.15, 0.2) is 40.9 Å². The first-order valence-electron chi connectivity index (χ1n) is 9.56. The molecule has 2 aromatic heterocycles. The molecule has 10 nitrogen and oxygen atoms in total. The molecule has 0 aliphatic carbocycles. The molecule has 3 atom stereocenters. The zero-order valence-corrected chi connectivity index (χ0v) is 16.8. The summed E-state index contributed by atoms with van der Waals surface area (Å²) in [5.41, 5.74) is 1.94. The SMILES string of the molecule is Cc1cccc(-c2nnc([C@H](C)Nc3nccc(N4C(=O)OC[C@@H]4[C@@H](C)O)n3)o2)c1. The molecule has 1 amide bonds. The van der Waals surface area contributed by atoms with Crippen molar-refractivity contribution in [1.82, 2.24) is 20.2 Å². The fraction of sp³-hybridized carbons (Fsp3) is 0.350. The molecule has 0 radical (unpaired) electrons. The van der Waals surface area contributed by atoms with Crippen molar-refractivity contribution in [1.29, 1.82) is 0 Å². The standard InChI is InChI=1S/C20H22N6O4/c1-11-5-4-6-14(9-11)18-25-24-17(30-18)12(2)22-19-21-8-7-16(23-19)26-15(13(3)27)10-29-20(26)28/h4-9,12-13,15,27H,10H2,1-3H3,(H,21,22,23)/t12-,13+,15+/m0/s1. The smallest absolute Gasteiger partial charge is 0.416 e. The molecule has 1 saturated heterocycles. The van der Waals surface area contributed by atoms with Crippen molar-refractivity contribution in [2.24, 2.45) is 0 Å². The van der Waals surface area contributed by atoms with Crippen LogP contribution in [0.25, 0.3) is 11.5 Å². The number of aliphatic hydroxyl groups is 1. The van der Waals surface area contributed by atoms with E-state index in [4.69, 9.17) is 9.15 Å². The maximum atomic E-state index is 12.1. The van der Waals surface area contributed by atoms with Gasteiger partial charge in [-0.3, -0.25) is 4.90 Å². The van der Waals surface area contributed by atoms with Crippen LogP contribution < -0.4 is 10.2 Å². The van der Waals surface area contributed by atoms with Crippen LogP contribution in [0.2, 0.25) is 0 Å². The highest BCUT2D eigenvalue weighted by Crippen LogP contribution is 2.26. The van der Waals surface area contributed by atoms with E-state index in [-0.39, 0.29) is 18.6 Å². The molecule has 10 heteroatoms. The Hall–Kier alpha value is -3.53. The lowest BCUT2D eigenvalue weighted by atomic mass is 10.1. The van der Waals surface area contributed by atoms with E-state index in [1.54, 1.807) is 13.0 Å². The van der Waals surface area contributed by atoms with E-state index in [2.05, 4.69) is 25.5 Å². The zero-order chi connectivity index (χ0) is 21.3. The van der Waals surface area contributed by atoms with Crippen molar-refractivity contribution >= 4 is 17.9 Å². The summed E-state index contributed by atoms with van der Waals surface area (Å²) in [6, 6.07) is 8.50. The summed E-state index contributed by atoms with van der Waals surface area (Å²) in [7, 11) is 0. The van der Waals surface area contributed by atoms with E-state index in [0.717, 1.165) is 11.1 Å². The molecule has 156 valence electrons. The lowest BCUT2D eigenvalue weighted by molar-refractivity contribution is 0.142. The number of carbonyl (C=O) groups is 1. The highest BCUT2D eigenvalue weighted by atomic mass is 16.6. The number of anilines is 2. The minimum Gasteiger partial charge on any atom is -0.447 e. The molecule has 2 N–H and O–H groups in total. The summed E-state index contributed by atoms with van der Waals surface area (Å²) >= 11 is 0. The first-order valence-corrected chi connectivity index (χ1v) is 9.56. The number of aryl methyl sites for hydroxylation is 1. The Morgan fingerprint density at radius 2 is 2.10 bits per heavy atom. The van der Waals surface area contributed by atoms with E-state index in [0.29, 0.717) is 17.6 Å². The van der Waals surface area contributed by atoms with E-state index >= 15 is 0 Å². The van der Waals surface area contributed by atoms with Gasteiger partial charge in [-0.15, -0.1) is 10.2 Å². The van der Waals surface area contributed by atoms with Gasteiger partial charge in [0.15, 0.2) is 0 Å². The van der Waals surface area contributed by atoms with Crippen molar-refractivity contribution in [2.45, 2.75) is 39.0 Å². The van der Waals surface area contributed by atoms with Crippen molar-refractivity contribution in [3.05, 3.63) is 48.0 Å². The van der Waals surface area contributed by atoms with Crippen LogP contribution in [0.3, 0.4) is 0 Å². The van der Waals surface area contributed by atoms with Gasteiger partial charge in [-0.25, -0.2) is 9.78 Å². The molecule has 0 spiro atoms. The summed E-state index contributed by atoms with van der Waals surface area (Å²) in [5, 5.41) is 21.2. The highest BCUT2D eigenvalue weighted by molar-refractivity contribution is 5.89. The number of nitrogens with zero attached hydrogens (tertiary/aromatic N) is 5.